The number of aliphatic carboxylic acids is 1. The summed E-state index contributed by atoms with van der Waals surface area (Å²) in [4.78, 5) is 10.2. The van der Waals surface area contributed by atoms with Crippen molar-refractivity contribution in [3.8, 4) is 0 Å². The number of hydrogen-bond donors (Lipinski definition) is 4. The molecule has 0 saturated heterocycles. The van der Waals surface area contributed by atoms with Crippen LogP contribution in [0, 0.1) is 0 Å². The van der Waals surface area contributed by atoms with Gasteiger partial charge in [-0.2, -0.15) is 8.42 Å². The maximum atomic E-state index is 11.9. The van der Waals surface area contributed by atoms with Crippen molar-refractivity contribution >= 4 is 26.8 Å². The number of aliphatic hydroxyl groups excluding tert-OH is 4. The van der Waals surface area contributed by atoms with Crippen molar-refractivity contribution in [1.82, 2.24) is 0 Å². The Hall–Kier alpha value is 1.05. The predicted molar refractivity (Wildman–Crippen MR) is 360 cm³/mol. The molecule has 88 heavy (non-hydrogen) atoms. The molecule has 0 radical (unpaired) electrons. The summed E-state index contributed by atoms with van der Waals surface area (Å²) in [5, 5.41) is 42.2. The molecule has 2 unspecified atom stereocenters. The monoisotopic (exact) mass is 1320 g/mol. The van der Waals surface area contributed by atoms with E-state index < -0.39 is 39.0 Å². The Labute approximate surface area is 591 Å². The zero-order valence-electron chi connectivity index (χ0n) is 59.5. The van der Waals surface area contributed by atoms with E-state index in [1.165, 1.54) is 309 Å². The summed E-state index contributed by atoms with van der Waals surface area (Å²) < 4.78 is 68.3. The minimum Gasteiger partial charge on any atom is -0.726 e. The van der Waals surface area contributed by atoms with Gasteiger partial charge in [-0.3, -0.25) is 4.18 Å². The van der Waals surface area contributed by atoms with Crippen LogP contribution in [0.2, 0.25) is 0 Å². The van der Waals surface area contributed by atoms with Crippen molar-refractivity contribution < 1.29 is 123 Å². The Kier molecular flexibility index (Phi) is 105. The van der Waals surface area contributed by atoms with Gasteiger partial charge in [-0.05, 0) is 46.0 Å². The van der Waals surface area contributed by atoms with Gasteiger partial charge in [0.15, 0.2) is 0 Å². The third-order valence-electron chi connectivity index (χ3n) is 15.2. The molecule has 0 aliphatic heterocycles. The standard InChI is InChI=1S/C34H70O4S.C18H36O2.C12H26O4S.2C3H8O2.2Na/c1-3-5-7-9-11-13-15-17-19-20-22-24-26-28-30-32-34-38-39(35,36)37-33-31-29-27-25-23-21-18-16-14-12-10-8-6-4-2;1-2-3-4-5-6-7-8-9-10-11-12-13-14-15-16-17-18(19)20;1-2-3-4-5-6-7-8-9-10-11-12-16-17(13,14)15;2*1-3(5)2-4;;/h3-34H2,1-2H3;2-17H2,1H3,(H,19,20);2-12H2,1H3,(H,13,14,15);2*3-5H,2H2,1H3;;/q;;;;;2*+1/p-2. The largest absolute Gasteiger partial charge is 1.00 e. The molecule has 18 heteroatoms. The molecule has 0 aromatic carbocycles. The summed E-state index contributed by atoms with van der Waals surface area (Å²) >= 11 is 0. The van der Waals surface area contributed by atoms with Crippen molar-refractivity contribution in [3.05, 3.63) is 0 Å². The third-order valence-corrected chi connectivity index (χ3v) is 16.6. The molecule has 524 valence electrons. The molecule has 4 N–H and O–H groups in total. The second-order valence-electron chi connectivity index (χ2n) is 24.5. The first-order valence-electron chi connectivity index (χ1n) is 36.4. The van der Waals surface area contributed by atoms with Gasteiger partial charge in [0.1, 0.15) is 0 Å². The molecule has 0 aliphatic rings. The Morgan fingerprint density at radius 2 is 0.466 bits per heavy atom. The number of hydrogen-bond acceptors (Lipinski definition) is 14. The summed E-state index contributed by atoms with van der Waals surface area (Å²) in [6.45, 7) is 12.3. The van der Waals surface area contributed by atoms with Crippen LogP contribution < -0.4 is 64.2 Å². The van der Waals surface area contributed by atoms with Crippen LogP contribution >= 0.6 is 0 Å². The summed E-state index contributed by atoms with van der Waals surface area (Å²) in [5.41, 5.74) is 0. The van der Waals surface area contributed by atoms with E-state index in [2.05, 4.69) is 31.9 Å². The maximum Gasteiger partial charge on any atom is 1.00 e. The van der Waals surface area contributed by atoms with Gasteiger partial charge in [0.25, 0.3) is 0 Å². The van der Waals surface area contributed by atoms with Crippen LogP contribution in [0.5, 0.6) is 0 Å². The number of carbonyl (C=O) groups is 1. The van der Waals surface area contributed by atoms with E-state index in [9.17, 15) is 31.3 Å². The van der Waals surface area contributed by atoms with Gasteiger partial charge in [0, 0.05) is 5.97 Å². The predicted octanol–water partition coefficient (Wildman–Crippen LogP) is 13.1. The molecule has 0 aromatic heterocycles. The maximum absolute atomic E-state index is 11.9. The quantitative estimate of drug-likeness (QED) is 0.0192. The minimum absolute atomic E-state index is 0. The van der Waals surface area contributed by atoms with Crippen LogP contribution in [0.25, 0.3) is 0 Å². The fourth-order valence-corrected chi connectivity index (χ4v) is 10.7. The zero-order valence-corrected chi connectivity index (χ0v) is 65.1. The van der Waals surface area contributed by atoms with Gasteiger partial charge >= 0.3 is 69.5 Å². The average molecular weight is 1320 g/mol. The van der Waals surface area contributed by atoms with Crippen molar-refractivity contribution in [2.45, 2.75) is 413 Å². The number of unbranched alkanes of at least 4 members (excludes halogenated alkanes) is 51. The van der Waals surface area contributed by atoms with Gasteiger partial charge in [-0.1, -0.05) is 355 Å². The van der Waals surface area contributed by atoms with E-state index in [0.717, 1.165) is 51.4 Å². The normalized spacial score (nSPS) is 11.8. The second kappa shape index (κ2) is 90.1. The molecule has 0 fully saturated rings. The molecular weight excluding hydrogens is 1170 g/mol. The summed E-state index contributed by atoms with van der Waals surface area (Å²) in [7, 11) is -8.30. The van der Waals surface area contributed by atoms with Gasteiger partial charge < -0.3 is 34.9 Å². The zero-order chi connectivity index (χ0) is 65.0. The number of carboxylic acid groups (broad SMARTS) is 1. The van der Waals surface area contributed by atoms with Crippen LogP contribution in [0.3, 0.4) is 0 Å². The van der Waals surface area contributed by atoms with Crippen molar-refractivity contribution in [2.24, 2.45) is 0 Å². The van der Waals surface area contributed by atoms with Crippen LogP contribution in [0.1, 0.15) is 401 Å². The Morgan fingerprint density at radius 3 is 0.614 bits per heavy atom. The average Bonchev–Trinajstić information content (AvgIpc) is 3.50. The minimum atomic E-state index is -4.48. The third kappa shape index (κ3) is 118. The Balaban J connectivity index is -0.000000223. The molecule has 0 aromatic rings. The number of carboxylic acids is 1. The molecule has 0 rings (SSSR count). The van der Waals surface area contributed by atoms with Crippen LogP contribution in [0.15, 0.2) is 0 Å². The summed E-state index contributed by atoms with van der Waals surface area (Å²) in [6, 6.07) is 0. The molecule has 2 atom stereocenters. The second-order valence-corrected chi connectivity index (χ2v) is 26.8. The van der Waals surface area contributed by atoms with E-state index in [0.29, 0.717) is 6.42 Å². The molecule has 0 bridgehead atoms. The first-order valence-corrected chi connectivity index (χ1v) is 39.1. The smallest absolute Gasteiger partial charge is 0.726 e. The molecule has 0 heterocycles. The molecule has 0 spiro atoms. The van der Waals surface area contributed by atoms with Crippen LogP contribution in [-0.4, -0.2) is 93.0 Å². The fraction of sp³-hybridized carbons (Fsp3) is 0.986. The molecule has 0 amide bonds. The molecular formula is C70H146Na2O14S2. The summed E-state index contributed by atoms with van der Waals surface area (Å²) in [5.74, 6) is -0.903. The molecule has 0 aliphatic carbocycles. The fourth-order valence-electron chi connectivity index (χ4n) is 9.69. The van der Waals surface area contributed by atoms with E-state index >= 15 is 0 Å². The van der Waals surface area contributed by atoms with Gasteiger partial charge in [-0.25, -0.2) is 16.8 Å². The van der Waals surface area contributed by atoms with Crippen LogP contribution in [0.4, 0.5) is 0 Å². The van der Waals surface area contributed by atoms with Crippen molar-refractivity contribution in [3.63, 3.8) is 0 Å². The Bertz CT molecular complexity index is 1440. The van der Waals surface area contributed by atoms with Gasteiger partial charge in [-0.15, -0.1) is 0 Å². The number of aliphatic hydroxyl groups is 4. The first-order chi connectivity index (χ1) is 41.5. The van der Waals surface area contributed by atoms with E-state index in [4.69, 9.17) is 28.8 Å². The number of rotatable bonds is 64. The van der Waals surface area contributed by atoms with E-state index in [-0.39, 0.29) is 98.6 Å². The van der Waals surface area contributed by atoms with Crippen molar-refractivity contribution in [1.29, 1.82) is 0 Å². The van der Waals surface area contributed by atoms with Gasteiger partial charge in [0.2, 0.25) is 10.4 Å². The van der Waals surface area contributed by atoms with Crippen molar-refractivity contribution in [2.75, 3.05) is 33.0 Å². The van der Waals surface area contributed by atoms with E-state index in [1.807, 2.05) is 0 Å². The molecule has 0 saturated carbocycles. The molecule has 14 nitrogen and oxygen atoms in total. The van der Waals surface area contributed by atoms with Gasteiger partial charge in [0.05, 0.1) is 45.2 Å². The van der Waals surface area contributed by atoms with E-state index in [1.54, 1.807) is 0 Å². The topological polar surface area (TPSA) is 240 Å². The first kappa shape index (κ1) is 103. The SMILES string of the molecule is CC(O)CO.CC(O)CO.CCCCCCCCCCCCCCCCCC(=O)[O-].CCCCCCCCCCCCCCCCCCOS(=O)(=O)OCCCCCCCCCCCCCCCC.CCCCCCCCCCCCOS(=O)(=O)[O-].[Na+].[Na+]. The van der Waals surface area contributed by atoms with Crippen LogP contribution in [-0.2, 0) is 38.1 Å². The Morgan fingerprint density at radius 1 is 0.318 bits per heavy atom. The number of carbonyl (C=O) groups excluding carboxylic acids is 1. The summed E-state index contributed by atoms with van der Waals surface area (Å²) in [6.07, 6.45) is 69.3.